The number of rotatable bonds is 6. The molecule has 0 aliphatic carbocycles. The van der Waals surface area contributed by atoms with Gasteiger partial charge in [-0.05, 0) is 79.1 Å². The van der Waals surface area contributed by atoms with Crippen LogP contribution in [0.5, 0.6) is 0 Å². The Morgan fingerprint density at radius 3 is 1.32 bits per heavy atom. The summed E-state index contributed by atoms with van der Waals surface area (Å²) in [6, 6.07) is -30.1. The standard InChI is InChI=1S/C47H31N3/c1-3-12-32(13-4-1)35-18-9-20-41(30-35)45-48-46(50-47(49-45)44-23-11-17-34-16-7-8-22-43(34)44)42-21-10-19-36(31-42)38-26-27-39-28-37(24-25-40(39)29-38)33-14-5-2-6-15-33/h1-31H/i1D,2D,3D,4D,5D,6D,7D,8D,9D,10D,11D,12D,13D,14D,15D,16D,17D,18D,19D,20D,21D,22D,23D,24D,25D,26D,27D,28D,29D,30D,31D. The largest absolute Gasteiger partial charge is 0.208 e. The summed E-state index contributed by atoms with van der Waals surface area (Å²) in [7, 11) is 0. The Morgan fingerprint density at radius 1 is 0.280 bits per heavy atom. The molecule has 0 aliphatic rings. The molecule has 3 heteroatoms. The molecule has 50 heavy (non-hydrogen) atoms. The van der Waals surface area contributed by atoms with E-state index in [1.54, 1.807) is 0 Å². The van der Waals surface area contributed by atoms with Gasteiger partial charge >= 0.3 is 0 Å². The molecule has 3 nitrogen and oxygen atoms in total. The number of hydrogen-bond donors (Lipinski definition) is 0. The fraction of sp³-hybridized carbons (Fsp3) is 0. The van der Waals surface area contributed by atoms with Crippen molar-refractivity contribution in [3.8, 4) is 67.5 Å². The van der Waals surface area contributed by atoms with E-state index in [-0.39, 0.29) is 0 Å². The number of fused-ring (bicyclic) bond motifs is 2. The maximum atomic E-state index is 9.68. The molecule has 0 bridgehead atoms. The van der Waals surface area contributed by atoms with Crippen molar-refractivity contribution >= 4 is 21.5 Å². The molecule has 0 fully saturated rings. The molecule has 1 heterocycles. The van der Waals surface area contributed by atoms with Crippen molar-refractivity contribution in [3.63, 3.8) is 0 Å². The van der Waals surface area contributed by atoms with Gasteiger partial charge in [-0.15, -0.1) is 0 Å². The highest BCUT2D eigenvalue weighted by Gasteiger charge is 2.15. The fourth-order valence-electron chi connectivity index (χ4n) is 4.73. The van der Waals surface area contributed by atoms with E-state index in [1.807, 2.05) is 0 Å². The van der Waals surface area contributed by atoms with Crippen molar-refractivity contribution in [2.45, 2.75) is 0 Å². The van der Waals surface area contributed by atoms with Crippen LogP contribution in [0, 0.1) is 0 Å². The second-order valence-electron chi connectivity index (χ2n) is 10.1. The Morgan fingerprint density at radius 2 is 0.700 bits per heavy atom. The molecular weight excluding hydrogens is 607 g/mol. The van der Waals surface area contributed by atoms with E-state index in [0.717, 1.165) is 0 Å². The third kappa shape index (κ3) is 5.72. The van der Waals surface area contributed by atoms with Crippen LogP contribution in [0.25, 0.3) is 89.1 Å². The van der Waals surface area contributed by atoms with Gasteiger partial charge in [-0.2, -0.15) is 0 Å². The Hall–Kier alpha value is -6.71. The van der Waals surface area contributed by atoms with E-state index in [0.29, 0.717) is 0 Å². The van der Waals surface area contributed by atoms with Gasteiger partial charge in [-0.25, -0.2) is 15.0 Å². The number of benzene rings is 8. The predicted octanol–water partition coefficient (Wildman–Crippen LogP) is 12.2. The minimum absolute atomic E-state index is 0.649. The monoisotopic (exact) mass is 668 g/mol. The molecular formula is C47H31N3. The summed E-state index contributed by atoms with van der Waals surface area (Å²) in [5.74, 6) is -2.96. The first-order chi connectivity index (χ1) is 37.7. The quantitative estimate of drug-likeness (QED) is 0.177. The predicted molar refractivity (Wildman–Crippen MR) is 207 cm³/mol. The third-order valence-corrected chi connectivity index (χ3v) is 6.99. The van der Waals surface area contributed by atoms with Crippen molar-refractivity contribution in [2.75, 3.05) is 0 Å². The summed E-state index contributed by atoms with van der Waals surface area (Å²) in [6.45, 7) is 0. The molecule has 234 valence electrons. The third-order valence-electron chi connectivity index (χ3n) is 6.99. The molecule has 0 radical (unpaired) electrons. The molecule has 0 atom stereocenters. The average Bonchev–Trinajstić information content (AvgIpc) is 3.51. The number of nitrogens with zero attached hydrogens (tertiary/aromatic N) is 3. The van der Waals surface area contributed by atoms with E-state index in [4.69, 9.17) is 34.3 Å². The topological polar surface area (TPSA) is 38.7 Å². The Bertz CT molecular complexity index is 4360. The van der Waals surface area contributed by atoms with E-state index in [2.05, 4.69) is 15.0 Å². The van der Waals surface area contributed by atoms with Crippen molar-refractivity contribution in [1.29, 1.82) is 0 Å². The molecule has 8 aromatic carbocycles. The van der Waals surface area contributed by atoms with Crippen LogP contribution < -0.4 is 0 Å². The minimum Gasteiger partial charge on any atom is -0.208 e. The van der Waals surface area contributed by atoms with E-state index in [9.17, 15) is 8.22 Å². The molecule has 0 saturated heterocycles. The van der Waals surface area contributed by atoms with Crippen LogP contribution in [0.4, 0.5) is 0 Å². The average molecular weight is 669 g/mol. The highest BCUT2D eigenvalue weighted by atomic mass is 15.0. The zero-order chi connectivity index (χ0) is 60.3. The second kappa shape index (κ2) is 12.7. The lowest BCUT2D eigenvalue weighted by Gasteiger charge is -2.12. The molecule has 0 amide bonds. The lowest BCUT2D eigenvalue weighted by atomic mass is 9.97. The summed E-state index contributed by atoms with van der Waals surface area (Å²) in [5, 5.41) is -2.79. The lowest BCUT2D eigenvalue weighted by Crippen LogP contribution is -2.01. The van der Waals surface area contributed by atoms with Gasteiger partial charge in [0.1, 0.15) is 0 Å². The van der Waals surface area contributed by atoms with E-state index in [1.165, 1.54) is 0 Å². The van der Waals surface area contributed by atoms with Crippen molar-refractivity contribution in [1.82, 2.24) is 15.0 Å². The van der Waals surface area contributed by atoms with Crippen LogP contribution in [0.1, 0.15) is 42.5 Å². The van der Waals surface area contributed by atoms with Gasteiger partial charge < -0.3 is 0 Å². The maximum absolute atomic E-state index is 9.68. The van der Waals surface area contributed by atoms with Crippen molar-refractivity contribution in [3.05, 3.63) is 187 Å². The molecule has 0 spiro atoms. The zero-order valence-corrected chi connectivity index (χ0v) is 24.8. The highest BCUT2D eigenvalue weighted by molar-refractivity contribution is 5.95. The summed E-state index contributed by atoms with van der Waals surface area (Å²) in [6.07, 6.45) is 0. The van der Waals surface area contributed by atoms with Crippen LogP contribution in [-0.2, 0) is 0 Å². The van der Waals surface area contributed by atoms with Crippen molar-refractivity contribution < 1.29 is 42.5 Å². The van der Waals surface area contributed by atoms with Gasteiger partial charge in [0.25, 0.3) is 0 Å². The second-order valence-corrected chi connectivity index (χ2v) is 10.1. The molecule has 1 aromatic heterocycles. The lowest BCUT2D eigenvalue weighted by molar-refractivity contribution is 1.08. The molecule has 9 aromatic rings. The van der Waals surface area contributed by atoms with Gasteiger partial charge in [0, 0.05) is 16.7 Å². The molecule has 0 saturated carbocycles. The van der Waals surface area contributed by atoms with Crippen LogP contribution in [0.15, 0.2) is 187 Å². The number of hydrogen-bond acceptors (Lipinski definition) is 3. The normalized spacial score (nSPS) is 19.9. The van der Waals surface area contributed by atoms with Gasteiger partial charge in [0.15, 0.2) is 17.5 Å². The van der Waals surface area contributed by atoms with Crippen LogP contribution in [0.2, 0.25) is 0 Å². The maximum Gasteiger partial charge on any atom is 0.164 e. The van der Waals surface area contributed by atoms with Crippen molar-refractivity contribution in [2.24, 2.45) is 0 Å². The first-order valence-corrected chi connectivity index (χ1v) is 14.3. The van der Waals surface area contributed by atoms with E-state index < -0.39 is 276 Å². The summed E-state index contributed by atoms with van der Waals surface area (Å²) in [4.78, 5) is 13.0. The summed E-state index contributed by atoms with van der Waals surface area (Å²) in [5.41, 5.74) is -7.57. The SMILES string of the molecule is [2H]c1c([2H])c([2H])c(-c2c([2H])c([2H])c([2H])c(-c3nc(-c4c([2H])c([2H])c([2H])c(-c5c([2H])c([2H])c6c([2H])c(-c7c([2H])c([2H])c([2H])c([2H])c7[2H])c([2H])c([2H])c6c5[2H])c4[2H])nc(-c4c([2H])c([2H])c([2H])c5c([2H])c([2H])c([2H])c([2H])c45)n3)c2[2H])c([2H])c1[2H]. The van der Waals surface area contributed by atoms with Gasteiger partial charge in [-0.1, -0.05) is 163 Å². The summed E-state index contributed by atoms with van der Waals surface area (Å²) >= 11 is 0. The first kappa shape index (κ1) is 11.4. The molecule has 9 rings (SSSR count). The molecule has 0 N–H and O–H groups in total. The first-order valence-electron chi connectivity index (χ1n) is 29.8. The van der Waals surface area contributed by atoms with Crippen LogP contribution in [-0.4, -0.2) is 15.0 Å². The Kier molecular flexibility index (Phi) is 2.91. The minimum atomic E-state index is -1.13. The van der Waals surface area contributed by atoms with Gasteiger partial charge in [0.05, 0.1) is 42.5 Å². The van der Waals surface area contributed by atoms with Gasteiger partial charge in [-0.3, -0.25) is 0 Å². The van der Waals surface area contributed by atoms with Crippen LogP contribution in [0.3, 0.4) is 0 Å². The molecule has 0 unspecified atom stereocenters. The van der Waals surface area contributed by atoms with E-state index >= 15 is 0 Å². The summed E-state index contributed by atoms with van der Waals surface area (Å²) < 4.78 is 273. The highest BCUT2D eigenvalue weighted by Crippen LogP contribution is 2.33. The number of aromatic nitrogens is 3. The van der Waals surface area contributed by atoms with Crippen LogP contribution >= 0.6 is 0 Å². The Balaban J connectivity index is 1.44. The Labute approximate surface area is 334 Å². The molecule has 0 aliphatic heterocycles. The smallest absolute Gasteiger partial charge is 0.164 e. The van der Waals surface area contributed by atoms with Gasteiger partial charge in [0.2, 0.25) is 0 Å². The fourth-order valence-corrected chi connectivity index (χ4v) is 4.73. The zero-order valence-electron chi connectivity index (χ0n) is 55.8.